The Hall–Kier alpha value is -1.79. The first-order valence-electron chi connectivity index (χ1n) is 5.71. The molecule has 5 nitrogen and oxygen atoms in total. The topological polar surface area (TPSA) is 76.4 Å². The highest BCUT2D eigenvalue weighted by Crippen LogP contribution is 2.17. The first kappa shape index (κ1) is 14.6. The molecule has 0 fully saturated rings. The van der Waals surface area contributed by atoms with E-state index in [-0.39, 0.29) is 11.3 Å². The molecule has 0 saturated carbocycles. The van der Waals surface area contributed by atoms with Gasteiger partial charge in [-0.2, -0.15) is 0 Å². The van der Waals surface area contributed by atoms with E-state index >= 15 is 0 Å². The lowest BCUT2D eigenvalue weighted by Crippen LogP contribution is -2.31. The molecule has 0 aliphatic heterocycles. The van der Waals surface area contributed by atoms with Crippen LogP contribution in [-0.4, -0.2) is 14.3 Å². The monoisotopic (exact) mass is 313 g/mol. The summed E-state index contributed by atoms with van der Waals surface area (Å²) in [6.07, 6.45) is 1.32. The molecule has 0 saturated heterocycles. The number of sulfonamides is 1. The largest absolute Gasteiger partial charge is 0.469 e. The van der Waals surface area contributed by atoms with Crippen LogP contribution in [0.15, 0.2) is 41.0 Å². The van der Waals surface area contributed by atoms with Gasteiger partial charge in [0.1, 0.15) is 5.76 Å². The van der Waals surface area contributed by atoms with Crippen molar-refractivity contribution in [3.8, 4) is 0 Å². The molecule has 0 unspecified atom stereocenters. The maximum atomic E-state index is 11.9. The second-order valence-electron chi connectivity index (χ2n) is 4.17. The number of amides is 1. The normalized spacial score (nSPS) is 11.3. The SMILES string of the molecule is Cc1occc1C(=O)NS(=O)(=O)Cc1ccccc1Cl. The van der Waals surface area contributed by atoms with Gasteiger partial charge in [0.15, 0.2) is 0 Å². The van der Waals surface area contributed by atoms with E-state index in [0.29, 0.717) is 16.3 Å². The van der Waals surface area contributed by atoms with Crippen molar-refractivity contribution in [2.75, 3.05) is 0 Å². The number of rotatable bonds is 4. The van der Waals surface area contributed by atoms with E-state index in [9.17, 15) is 13.2 Å². The summed E-state index contributed by atoms with van der Waals surface area (Å²) in [5.74, 6) is -0.728. The molecule has 7 heteroatoms. The lowest BCUT2D eigenvalue weighted by atomic mass is 10.2. The van der Waals surface area contributed by atoms with Crippen LogP contribution in [0.25, 0.3) is 0 Å². The first-order valence-corrected chi connectivity index (χ1v) is 7.74. The number of halogens is 1. The second kappa shape index (κ2) is 5.68. The Kier molecular flexibility index (Phi) is 4.15. The predicted molar refractivity (Wildman–Crippen MR) is 75.0 cm³/mol. The van der Waals surface area contributed by atoms with E-state index in [4.69, 9.17) is 16.0 Å². The first-order chi connectivity index (χ1) is 9.39. The molecule has 1 aromatic carbocycles. The van der Waals surface area contributed by atoms with Crippen LogP contribution < -0.4 is 4.72 Å². The molecule has 20 heavy (non-hydrogen) atoms. The lowest BCUT2D eigenvalue weighted by molar-refractivity contribution is 0.0980. The molecule has 1 heterocycles. The number of hydrogen-bond donors (Lipinski definition) is 1. The molecule has 1 amide bonds. The van der Waals surface area contributed by atoms with Crippen molar-refractivity contribution in [2.45, 2.75) is 12.7 Å². The van der Waals surface area contributed by atoms with Crippen LogP contribution in [0.1, 0.15) is 21.7 Å². The van der Waals surface area contributed by atoms with Gasteiger partial charge in [0.2, 0.25) is 10.0 Å². The maximum Gasteiger partial charge on any atom is 0.268 e. The molecule has 106 valence electrons. The average Bonchev–Trinajstić information content (AvgIpc) is 2.78. The van der Waals surface area contributed by atoms with Gasteiger partial charge in [-0.3, -0.25) is 4.79 Å². The zero-order chi connectivity index (χ0) is 14.8. The van der Waals surface area contributed by atoms with Gasteiger partial charge in [-0.25, -0.2) is 13.1 Å². The summed E-state index contributed by atoms with van der Waals surface area (Å²) >= 11 is 5.90. The third-order valence-corrected chi connectivity index (χ3v) is 4.21. The van der Waals surface area contributed by atoms with Gasteiger partial charge in [0.25, 0.3) is 5.91 Å². The molecule has 0 spiro atoms. The van der Waals surface area contributed by atoms with Gasteiger partial charge in [-0.05, 0) is 24.6 Å². The van der Waals surface area contributed by atoms with Gasteiger partial charge in [0, 0.05) is 5.02 Å². The number of carbonyl (C=O) groups is 1. The van der Waals surface area contributed by atoms with Crippen LogP contribution in [0.2, 0.25) is 5.02 Å². The molecule has 0 bridgehead atoms. The summed E-state index contributed by atoms with van der Waals surface area (Å²) in [7, 11) is -3.82. The number of furan rings is 1. The third kappa shape index (κ3) is 3.40. The minimum Gasteiger partial charge on any atom is -0.469 e. The fourth-order valence-electron chi connectivity index (χ4n) is 1.67. The van der Waals surface area contributed by atoms with Crippen LogP contribution in [0, 0.1) is 6.92 Å². The molecule has 2 rings (SSSR count). The van der Waals surface area contributed by atoms with E-state index in [1.165, 1.54) is 12.3 Å². The average molecular weight is 314 g/mol. The standard InChI is InChI=1S/C13H12ClNO4S/c1-9-11(6-7-19-9)13(16)15-20(17,18)8-10-4-2-3-5-12(10)14/h2-7H,8H2,1H3,(H,15,16). The molecule has 1 N–H and O–H groups in total. The van der Waals surface area contributed by atoms with Crippen LogP contribution in [0.5, 0.6) is 0 Å². The van der Waals surface area contributed by atoms with E-state index in [1.807, 2.05) is 4.72 Å². The smallest absolute Gasteiger partial charge is 0.268 e. The maximum absolute atomic E-state index is 11.9. The van der Waals surface area contributed by atoms with Crippen molar-refractivity contribution >= 4 is 27.5 Å². The summed E-state index contributed by atoms with van der Waals surface area (Å²) in [5.41, 5.74) is 0.617. The van der Waals surface area contributed by atoms with Crippen molar-refractivity contribution in [2.24, 2.45) is 0 Å². The number of aryl methyl sites for hydroxylation is 1. The van der Waals surface area contributed by atoms with Crippen LogP contribution in [0.3, 0.4) is 0 Å². The van der Waals surface area contributed by atoms with Gasteiger partial charge >= 0.3 is 0 Å². The summed E-state index contributed by atoms with van der Waals surface area (Å²) in [5, 5.41) is 0.338. The van der Waals surface area contributed by atoms with Gasteiger partial charge < -0.3 is 4.42 Å². The summed E-state index contributed by atoms with van der Waals surface area (Å²) in [6.45, 7) is 1.58. The Labute approximate surface area is 121 Å². The van der Waals surface area contributed by atoms with Crippen LogP contribution in [0.4, 0.5) is 0 Å². The fourth-order valence-corrected chi connectivity index (χ4v) is 3.08. The van der Waals surface area contributed by atoms with E-state index < -0.39 is 15.9 Å². The minimum absolute atomic E-state index is 0.188. The Morgan fingerprint density at radius 1 is 1.30 bits per heavy atom. The highest BCUT2D eigenvalue weighted by molar-refractivity contribution is 7.89. The molecule has 0 aliphatic rings. The van der Waals surface area contributed by atoms with Crippen LogP contribution >= 0.6 is 11.6 Å². The fraction of sp³-hybridized carbons (Fsp3) is 0.154. The predicted octanol–water partition coefficient (Wildman–Crippen LogP) is 2.50. The van der Waals surface area contributed by atoms with Crippen molar-refractivity contribution in [1.82, 2.24) is 4.72 Å². The zero-order valence-electron chi connectivity index (χ0n) is 10.6. The Balaban J connectivity index is 2.15. The number of carbonyl (C=O) groups excluding carboxylic acids is 1. The Morgan fingerprint density at radius 2 is 2.00 bits per heavy atom. The molecule has 0 radical (unpaired) electrons. The van der Waals surface area contributed by atoms with Gasteiger partial charge in [-0.1, -0.05) is 29.8 Å². The molecule has 1 aromatic heterocycles. The lowest BCUT2D eigenvalue weighted by Gasteiger charge is -2.07. The molecule has 2 aromatic rings. The van der Waals surface area contributed by atoms with Crippen LogP contribution in [-0.2, 0) is 15.8 Å². The molecule has 0 aliphatic carbocycles. The summed E-state index contributed by atoms with van der Waals surface area (Å²) < 4.78 is 30.8. The van der Waals surface area contributed by atoms with Crippen molar-refractivity contribution in [3.05, 3.63) is 58.5 Å². The minimum atomic E-state index is -3.82. The highest BCUT2D eigenvalue weighted by Gasteiger charge is 2.20. The van der Waals surface area contributed by atoms with Crippen molar-refractivity contribution in [3.63, 3.8) is 0 Å². The number of nitrogens with one attached hydrogen (secondary N) is 1. The molecule has 0 atom stereocenters. The van der Waals surface area contributed by atoms with Gasteiger partial charge in [0.05, 0.1) is 17.6 Å². The zero-order valence-corrected chi connectivity index (χ0v) is 12.2. The molecular formula is C13H12ClNO4S. The third-order valence-electron chi connectivity index (χ3n) is 2.66. The Bertz CT molecular complexity index is 736. The molecular weight excluding hydrogens is 302 g/mol. The summed E-state index contributed by atoms with van der Waals surface area (Å²) in [4.78, 5) is 11.8. The number of hydrogen-bond acceptors (Lipinski definition) is 4. The number of benzene rings is 1. The van der Waals surface area contributed by atoms with Gasteiger partial charge in [-0.15, -0.1) is 0 Å². The second-order valence-corrected chi connectivity index (χ2v) is 6.30. The van der Waals surface area contributed by atoms with Crippen molar-refractivity contribution in [1.29, 1.82) is 0 Å². The van der Waals surface area contributed by atoms with Crippen molar-refractivity contribution < 1.29 is 17.6 Å². The van der Waals surface area contributed by atoms with E-state index in [1.54, 1.807) is 31.2 Å². The van der Waals surface area contributed by atoms with E-state index in [0.717, 1.165) is 0 Å². The highest BCUT2D eigenvalue weighted by atomic mass is 35.5. The summed E-state index contributed by atoms with van der Waals surface area (Å²) in [6, 6.07) is 7.98. The van der Waals surface area contributed by atoms with E-state index in [2.05, 4.69) is 0 Å². The quantitative estimate of drug-likeness (QED) is 0.941. The Morgan fingerprint density at radius 3 is 2.60 bits per heavy atom.